The number of hydrogen-bond donors (Lipinski definition) is 2. The van der Waals surface area contributed by atoms with Crippen LogP contribution in [-0.4, -0.2) is 56.5 Å². The molecule has 3 amide bonds. The molecule has 8 nitrogen and oxygen atoms in total. The molecule has 2 aromatic carbocycles. The summed E-state index contributed by atoms with van der Waals surface area (Å²) in [6.45, 7) is 6.60. The molecule has 1 aliphatic heterocycles. The van der Waals surface area contributed by atoms with Gasteiger partial charge in [0.05, 0.1) is 26.7 Å². The summed E-state index contributed by atoms with van der Waals surface area (Å²) in [7, 11) is 3.16. The van der Waals surface area contributed by atoms with Crippen molar-refractivity contribution in [3.05, 3.63) is 52.6 Å². The predicted molar refractivity (Wildman–Crippen MR) is 130 cm³/mol. The summed E-state index contributed by atoms with van der Waals surface area (Å²) in [4.78, 5) is 39.1. The Balaban J connectivity index is 1.49. The summed E-state index contributed by atoms with van der Waals surface area (Å²) in [5.74, 6) is 0.188. The molecule has 1 fully saturated rings. The predicted octanol–water partition coefficient (Wildman–Crippen LogP) is 2.77. The highest BCUT2D eigenvalue weighted by Crippen LogP contribution is 2.28. The lowest BCUT2D eigenvalue weighted by molar-refractivity contribution is -0.129. The van der Waals surface area contributed by atoms with Crippen LogP contribution in [0.5, 0.6) is 11.5 Å². The van der Waals surface area contributed by atoms with Gasteiger partial charge in [-0.15, -0.1) is 0 Å². The maximum Gasteiger partial charge on any atom is 0.243 e. The van der Waals surface area contributed by atoms with Crippen LogP contribution in [0.2, 0.25) is 0 Å². The Morgan fingerprint density at radius 3 is 2.35 bits per heavy atom. The van der Waals surface area contributed by atoms with E-state index >= 15 is 0 Å². The van der Waals surface area contributed by atoms with Crippen LogP contribution in [0.4, 0.5) is 5.69 Å². The molecule has 0 aliphatic carbocycles. The third-order valence-electron chi connectivity index (χ3n) is 6.07. The number of hydrogen-bond acceptors (Lipinski definition) is 5. The number of anilines is 1. The maximum absolute atomic E-state index is 12.6. The lowest BCUT2D eigenvalue weighted by Gasteiger charge is -2.17. The van der Waals surface area contributed by atoms with Crippen LogP contribution in [-0.2, 0) is 20.8 Å². The Bertz CT molecular complexity index is 1060. The molecular weight excluding hydrogens is 434 g/mol. The topological polar surface area (TPSA) is 97.0 Å². The first-order valence-corrected chi connectivity index (χ1v) is 11.4. The Hall–Kier alpha value is -3.55. The molecule has 0 saturated carbocycles. The van der Waals surface area contributed by atoms with E-state index in [1.807, 2.05) is 51.1 Å². The Kier molecular flexibility index (Phi) is 8.15. The number of methoxy groups -OCH3 is 2. The second-order valence-corrected chi connectivity index (χ2v) is 8.72. The number of nitrogens with zero attached hydrogens (tertiary/aromatic N) is 1. The van der Waals surface area contributed by atoms with Gasteiger partial charge in [0.2, 0.25) is 17.7 Å². The van der Waals surface area contributed by atoms with Gasteiger partial charge >= 0.3 is 0 Å². The van der Waals surface area contributed by atoms with E-state index in [-0.39, 0.29) is 30.7 Å². The fraction of sp³-hybridized carbons (Fsp3) is 0.423. The molecule has 1 saturated heterocycles. The summed E-state index contributed by atoms with van der Waals surface area (Å²) < 4.78 is 10.6. The summed E-state index contributed by atoms with van der Waals surface area (Å²) in [5, 5.41) is 5.55. The van der Waals surface area contributed by atoms with Crippen LogP contribution in [0.25, 0.3) is 0 Å². The number of carbonyl (C=O) groups excluding carboxylic acids is 3. The smallest absolute Gasteiger partial charge is 0.243 e. The van der Waals surface area contributed by atoms with Crippen molar-refractivity contribution in [3.63, 3.8) is 0 Å². The van der Waals surface area contributed by atoms with E-state index in [4.69, 9.17) is 9.47 Å². The largest absolute Gasteiger partial charge is 0.493 e. The highest BCUT2D eigenvalue weighted by Gasteiger charge is 2.34. The third-order valence-corrected chi connectivity index (χ3v) is 6.07. The van der Waals surface area contributed by atoms with Crippen molar-refractivity contribution in [2.24, 2.45) is 5.92 Å². The number of likely N-dealkylation sites (tertiary alicyclic amines) is 1. The zero-order chi connectivity index (χ0) is 24.8. The van der Waals surface area contributed by atoms with Crippen LogP contribution in [0, 0.1) is 26.7 Å². The second kappa shape index (κ2) is 11.0. The molecule has 182 valence electrons. The van der Waals surface area contributed by atoms with Crippen LogP contribution in [0.1, 0.15) is 28.7 Å². The highest BCUT2D eigenvalue weighted by molar-refractivity contribution is 5.97. The van der Waals surface area contributed by atoms with Crippen molar-refractivity contribution in [1.82, 2.24) is 10.2 Å². The highest BCUT2D eigenvalue weighted by atomic mass is 16.5. The van der Waals surface area contributed by atoms with E-state index in [1.54, 1.807) is 19.1 Å². The summed E-state index contributed by atoms with van der Waals surface area (Å²) in [5.41, 5.74) is 4.86. The van der Waals surface area contributed by atoms with Crippen molar-refractivity contribution < 1.29 is 23.9 Å². The van der Waals surface area contributed by atoms with E-state index in [1.165, 1.54) is 0 Å². The van der Waals surface area contributed by atoms with Gasteiger partial charge in [0, 0.05) is 25.2 Å². The number of nitrogens with one attached hydrogen (secondary N) is 2. The minimum atomic E-state index is -0.464. The van der Waals surface area contributed by atoms with Crippen LogP contribution >= 0.6 is 0 Å². The first kappa shape index (κ1) is 25.1. The average Bonchev–Trinajstić information content (AvgIpc) is 3.18. The number of ether oxygens (including phenoxy) is 2. The van der Waals surface area contributed by atoms with E-state index in [0.29, 0.717) is 31.0 Å². The quantitative estimate of drug-likeness (QED) is 0.591. The SMILES string of the molecule is COc1ccc(CCN2CC(C(=O)NCC(=O)Nc3c(C)cc(C)cc3C)CC2=O)cc1OC. The monoisotopic (exact) mass is 467 g/mol. The van der Waals surface area contributed by atoms with Gasteiger partial charge in [-0.25, -0.2) is 0 Å². The molecule has 8 heteroatoms. The normalized spacial score (nSPS) is 15.3. The van der Waals surface area contributed by atoms with E-state index in [9.17, 15) is 14.4 Å². The molecule has 3 rings (SSSR count). The van der Waals surface area contributed by atoms with Gasteiger partial charge in [-0.3, -0.25) is 14.4 Å². The zero-order valence-corrected chi connectivity index (χ0v) is 20.5. The molecule has 0 radical (unpaired) electrons. The molecule has 0 aromatic heterocycles. The maximum atomic E-state index is 12.6. The van der Waals surface area contributed by atoms with E-state index in [0.717, 1.165) is 27.9 Å². The number of rotatable bonds is 9. The number of amides is 3. The lowest BCUT2D eigenvalue weighted by Crippen LogP contribution is -2.38. The van der Waals surface area contributed by atoms with Crippen molar-refractivity contribution in [3.8, 4) is 11.5 Å². The minimum Gasteiger partial charge on any atom is -0.493 e. The van der Waals surface area contributed by atoms with Crippen molar-refractivity contribution in [2.75, 3.05) is 39.2 Å². The molecular formula is C26H33N3O5. The zero-order valence-electron chi connectivity index (χ0n) is 20.5. The van der Waals surface area contributed by atoms with Crippen LogP contribution in [0.3, 0.4) is 0 Å². The summed E-state index contributed by atoms with van der Waals surface area (Å²) in [6.07, 6.45) is 0.785. The van der Waals surface area contributed by atoms with E-state index in [2.05, 4.69) is 10.6 Å². The Labute approximate surface area is 200 Å². The first-order chi connectivity index (χ1) is 16.2. The average molecular weight is 468 g/mol. The molecule has 34 heavy (non-hydrogen) atoms. The van der Waals surface area contributed by atoms with Gasteiger partial charge in [-0.05, 0) is 56.0 Å². The molecule has 2 N–H and O–H groups in total. The molecule has 2 aromatic rings. The molecule has 0 spiro atoms. The fourth-order valence-electron chi connectivity index (χ4n) is 4.34. The minimum absolute atomic E-state index is 0.0593. The fourth-order valence-corrected chi connectivity index (χ4v) is 4.34. The number of aryl methyl sites for hydroxylation is 3. The Morgan fingerprint density at radius 2 is 1.71 bits per heavy atom. The number of benzene rings is 2. The van der Waals surface area contributed by atoms with Gasteiger partial charge < -0.3 is 25.0 Å². The standard InChI is InChI=1S/C26H33N3O5/c1-16-10-17(2)25(18(3)11-16)28-23(30)14-27-26(32)20-13-24(31)29(15-20)9-8-19-6-7-21(33-4)22(12-19)34-5/h6-7,10-12,20H,8-9,13-15H2,1-5H3,(H,27,32)(H,28,30). The van der Waals surface area contributed by atoms with Crippen molar-refractivity contribution in [2.45, 2.75) is 33.6 Å². The molecule has 1 aliphatic rings. The molecule has 1 heterocycles. The third kappa shape index (κ3) is 6.07. The van der Waals surface area contributed by atoms with Gasteiger partial charge in [0.15, 0.2) is 11.5 Å². The first-order valence-electron chi connectivity index (χ1n) is 11.4. The van der Waals surface area contributed by atoms with Crippen LogP contribution < -0.4 is 20.1 Å². The van der Waals surface area contributed by atoms with E-state index < -0.39 is 5.92 Å². The summed E-state index contributed by atoms with van der Waals surface area (Å²) in [6, 6.07) is 9.66. The molecule has 0 bridgehead atoms. The lowest BCUT2D eigenvalue weighted by atomic mass is 10.1. The van der Waals surface area contributed by atoms with Gasteiger partial charge in [-0.1, -0.05) is 23.8 Å². The number of carbonyl (C=O) groups is 3. The van der Waals surface area contributed by atoms with Gasteiger partial charge in [-0.2, -0.15) is 0 Å². The second-order valence-electron chi connectivity index (χ2n) is 8.72. The van der Waals surface area contributed by atoms with Crippen LogP contribution in [0.15, 0.2) is 30.3 Å². The van der Waals surface area contributed by atoms with Gasteiger partial charge in [0.1, 0.15) is 0 Å². The molecule has 1 atom stereocenters. The Morgan fingerprint density at radius 1 is 1.03 bits per heavy atom. The van der Waals surface area contributed by atoms with Gasteiger partial charge in [0.25, 0.3) is 0 Å². The van der Waals surface area contributed by atoms with Crippen molar-refractivity contribution in [1.29, 1.82) is 0 Å². The summed E-state index contributed by atoms with van der Waals surface area (Å²) >= 11 is 0. The molecule has 1 unspecified atom stereocenters. The van der Waals surface area contributed by atoms with Crippen molar-refractivity contribution >= 4 is 23.4 Å².